The number of rotatable bonds is 5. The summed E-state index contributed by atoms with van der Waals surface area (Å²) in [5.74, 6) is -1.64. The van der Waals surface area contributed by atoms with Gasteiger partial charge in [0.05, 0.1) is 5.69 Å². The Morgan fingerprint density at radius 1 is 1.39 bits per heavy atom. The molecule has 1 atom stereocenters. The molecule has 6 N–H and O–H groups in total. The summed E-state index contributed by atoms with van der Waals surface area (Å²) in [4.78, 5) is 25.9. The van der Waals surface area contributed by atoms with Crippen molar-refractivity contribution in [1.82, 2.24) is 4.98 Å². The fourth-order valence-corrected chi connectivity index (χ4v) is 1.42. The second-order valence-electron chi connectivity index (χ2n) is 4.21. The van der Waals surface area contributed by atoms with Gasteiger partial charge in [0.15, 0.2) is 11.5 Å². The molecular weight excluding hydrogens is 236 g/mol. The Labute approximate surface area is 104 Å². The van der Waals surface area contributed by atoms with Crippen LogP contribution in [0.2, 0.25) is 0 Å². The molecule has 0 aliphatic carbocycles. The van der Waals surface area contributed by atoms with Gasteiger partial charge < -0.3 is 21.9 Å². The van der Waals surface area contributed by atoms with Gasteiger partial charge in [-0.15, -0.1) is 0 Å². The number of hydrogen-bond acceptors (Lipinski definition) is 5. The maximum Gasteiger partial charge on any atom is 0.354 e. The number of pyridine rings is 1. The molecule has 18 heavy (non-hydrogen) atoms. The minimum atomic E-state index is -1.17. The van der Waals surface area contributed by atoms with Crippen LogP contribution in [0.5, 0.6) is 0 Å². The predicted octanol–water partition coefficient (Wildman–Crippen LogP) is 0.284. The summed E-state index contributed by atoms with van der Waals surface area (Å²) < 4.78 is 0. The quantitative estimate of drug-likeness (QED) is 0.595. The second-order valence-corrected chi connectivity index (χ2v) is 4.21. The van der Waals surface area contributed by atoms with E-state index < -0.39 is 17.9 Å². The predicted molar refractivity (Wildman–Crippen MR) is 67.1 cm³/mol. The average Bonchev–Trinajstić information content (AvgIpc) is 2.26. The highest BCUT2D eigenvalue weighted by molar-refractivity contribution is 5.88. The van der Waals surface area contributed by atoms with Crippen molar-refractivity contribution in [2.24, 2.45) is 11.7 Å². The first-order valence-corrected chi connectivity index (χ1v) is 5.38. The molecule has 0 spiro atoms. The van der Waals surface area contributed by atoms with E-state index in [1.165, 1.54) is 12.1 Å². The average molecular weight is 252 g/mol. The van der Waals surface area contributed by atoms with Gasteiger partial charge in [-0.05, 0) is 18.1 Å². The minimum Gasteiger partial charge on any atom is -0.477 e. The largest absolute Gasteiger partial charge is 0.477 e. The molecule has 1 aromatic rings. The summed E-state index contributed by atoms with van der Waals surface area (Å²) >= 11 is 0. The van der Waals surface area contributed by atoms with Crippen LogP contribution in [0.4, 0.5) is 11.5 Å². The van der Waals surface area contributed by atoms with Crippen LogP contribution in [0.1, 0.15) is 24.3 Å². The number of carboxylic acid groups (broad SMARTS) is 1. The molecule has 0 aliphatic rings. The van der Waals surface area contributed by atoms with E-state index in [2.05, 4.69) is 10.3 Å². The first-order chi connectivity index (χ1) is 8.32. The summed E-state index contributed by atoms with van der Waals surface area (Å²) in [7, 11) is 0. The smallest absolute Gasteiger partial charge is 0.354 e. The zero-order valence-electron chi connectivity index (χ0n) is 10.2. The highest BCUT2D eigenvalue weighted by atomic mass is 16.4. The molecule has 7 heteroatoms. The third-order valence-electron chi connectivity index (χ3n) is 2.41. The van der Waals surface area contributed by atoms with Gasteiger partial charge in [0, 0.05) is 0 Å². The molecule has 0 radical (unpaired) electrons. The maximum atomic E-state index is 11.3. The molecule has 0 aromatic carbocycles. The fourth-order valence-electron chi connectivity index (χ4n) is 1.42. The van der Waals surface area contributed by atoms with Crippen LogP contribution in [0.3, 0.4) is 0 Å². The number of aromatic carboxylic acids is 1. The van der Waals surface area contributed by atoms with Crippen LogP contribution >= 0.6 is 0 Å². The molecule has 1 aromatic heterocycles. The zero-order valence-corrected chi connectivity index (χ0v) is 10.2. The van der Waals surface area contributed by atoms with E-state index in [-0.39, 0.29) is 23.1 Å². The molecule has 1 rings (SSSR count). The molecule has 0 saturated carbocycles. The van der Waals surface area contributed by atoms with Crippen molar-refractivity contribution in [3.8, 4) is 0 Å². The van der Waals surface area contributed by atoms with Crippen molar-refractivity contribution >= 4 is 23.4 Å². The van der Waals surface area contributed by atoms with Gasteiger partial charge in [0.1, 0.15) is 6.04 Å². The van der Waals surface area contributed by atoms with E-state index in [1.54, 1.807) is 13.8 Å². The lowest BCUT2D eigenvalue weighted by atomic mass is 10.0. The SMILES string of the molecule is CC(C)C(Nc1nc(C(=O)O)ccc1N)C(N)=O. The van der Waals surface area contributed by atoms with Crippen LogP contribution in [0.25, 0.3) is 0 Å². The van der Waals surface area contributed by atoms with Crippen LogP contribution in [0, 0.1) is 5.92 Å². The number of hydrogen-bond donors (Lipinski definition) is 4. The number of carbonyl (C=O) groups is 2. The summed E-state index contributed by atoms with van der Waals surface area (Å²) in [6.07, 6.45) is 0. The Balaban J connectivity index is 3.05. The summed E-state index contributed by atoms with van der Waals surface area (Å²) in [6.45, 7) is 3.61. The van der Waals surface area contributed by atoms with E-state index in [1.807, 2.05) is 0 Å². The number of nitrogen functional groups attached to an aromatic ring is 1. The Hall–Kier alpha value is -2.31. The Bertz CT molecular complexity index is 473. The number of anilines is 2. The van der Waals surface area contributed by atoms with E-state index in [0.717, 1.165) is 0 Å². The van der Waals surface area contributed by atoms with Crippen molar-refractivity contribution < 1.29 is 14.7 Å². The highest BCUT2D eigenvalue weighted by Crippen LogP contribution is 2.18. The standard InChI is InChI=1S/C11H16N4O3/c1-5(2)8(9(13)16)15-10-6(12)3-4-7(14-10)11(17)18/h3-5,8H,12H2,1-2H3,(H2,13,16)(H,14,15)(H,17,18). The number of amides is 1. The first kappa shape index (κ1) is 13.8. The third kappa shape index (κ3) is 3.09. The van der Waals surface area contributed by atoms with E-state index in [4.69, 9.17) is 16.6 Å². The monoisotopic (exact) mass is 252 g/mol. The van der Waals surface area contributed by atoms with Crippen molar-refractivity contribution in [2.45, 2.75) is 19.9 Å². The molecule has 1 amide bonds. The first-order valence-electron chi connectivity index (χ1n) is 5.38. The molecule has 98 valence electrons. The Morgan fingerprint density at radius 2 is 2.00 bits per heavy atom. The van der Waals surface area contributed by atoms with Gasteiger partial charge in [0.2, 0.25) is 5.91 Å². The number of carboxylic acids is 1. The highest BCUT2D eigenvalue weighted by Gasteiger charge is 2.21. The summed E-state index contributed by atoms with van der Waals surface area (Å²) in [5.41, 5.74) is 11.0. The minimum absolute atomic E-state index is 0.0721. The number of nitrogens with two attached hydrogens (primary N) is 2. The maximum absolute atomic E-state index is 11.3. The van der Waals surface area contributed by atoms with Gasteiger partial charge in [-0.25, -0.2) is 9.78 Å². The number of carbonyl (C=O) groups excluding carboxylic acids is 1. The van der Waals surface area contributed by atoms with E-state index in [0.29, 0.717) is 0 Å². The van der Waals surface area contributed by atoms with Gasteiger partial charge in [-0.3, -0.25) is 4.79 Å². The summed E-state index contributed by atoms with van der Waals surface area (Å²) in [5, 5.41) is 11.6. The van der Waals surface area contributed by atoms with Crippen LogP contribution in [0.15, 0.2) is 12.1 Å². The normalized spacial score (nSPS) is 12.2. The van der Waals surface area contributed by atoms with Crippen molar-refractivity contribution in [3.63, 3.8) is 0 Å². The van der Waals surface area contributed by atoms with Gasteiger partial charge in [-0.1, -0.05) is 13.8 Å². The number of aromatic nitrogens is 1. The Kier molecular flexibility index (Phi) is 4.09. The van der Waals surface area contributed by atoms with E-state index >= 15 is 0 Å². The molecular formula is C11H16N4O3. The number of nitrogens with one attached hydrogen (secondary N) is 1. The zero-order chi connectivity index (χ0) is 13.9. The van der Waals surface area contributed by atoms with Gasteiger partial charge in [-0.2, -0.15) is 0 Å². The lowest BCUT2D eigenvalue weighted by Gasteiger charge is -2.20. The fraction of sp³-hybridized carbons (Fsp3) is 0.364. The van der Waals surface area contributed by atoms with Crippen molar-refractivity contribution in [3.05, 3.63) is 17.8 Å². The molecule has 1 unspecified atom stereocenters. The van der Waals surface area contributed by atoms with Crippen LogP contribution in [-0.2, 0) is 4.79 Å². The summed E-state index contributed by atoms with van der Waals surface area (Å²) in [6, 6.07) is 2.04. The third-order valence-corrected chi connectivity index (χ3v) is 2.41. The van der Waals surface area contributed by atoms with Crippen LogP contribution < -0.4 is 16.8 Å². The topological polar surface area (TPSA) is 131 Å². The number of nitrogens with zero attached hydrogens (tertiary/aromatic N) is 1. The molecule has 7 nitrogen and oxygen atoms in total. The molecule has 0 bridgehead atoms. The lowest BCUT2D eigenvalue weighted by Crippen LogP contribution is -2.40. The number of primary amides is 1. The van der Waals surface area contributed by atoms with E-state index in [9.17, 15) is 9.59 Å². The lowest BCUT2D eigenvalue weighted by molar-refractivity contribution is -0.119. The van der Waals surface area contributed by atoms with Crippen LogP contribution in [-0.4, -0.2) is 28.0 Å². The Morgan fingerprint density at radius 3 is 2.44 bits per heavy atom. The molecule has 0 aliphatic heterocycles. The van der Waals surface area contributed by atoms with Gasteiger partial charge in [0.25, 0.3) is 0 Å². The van der Waals surface area contributed by atoms with Crippen molar-refractivity contribution in [1.29, 1.82) is 0 Å². The molecule has 1 heterocycles. The molecule has 0 fully saturated rings. The second kappa shape index (κ2) is 5.35. The molecule has 0 saturated heterocycles. The van der Waals surface area contributed by atoms with Gasteiger partial charge >= 0.3 is 5.97 Å². The van der Waals surface area contributed by atoms with Crippen molar-refractivity contribution in [2.75, 3.05) is 11.1 Å².